The van der Waals surface area contributed by atoms with E-state index in [1.165, 1.54) is 18.2 Å². The molecule has 0 radical (unpaired) electrons. The van der Waals surface area contributed by atoms with Crippen LogP contribution in [-0.2, 0) is 4.79 Å². The van der Waals surface area contributed by atoms with Crippen LogP contribution in [0.15, 0.2) is 18.2 Å². The summed E-state index contributed by atoms with van der Waals surface area (Å²) in [5.74, 6) is 0.567. The predicted molar refractivity (Wildman–Crippen MR) is 68.8 cm³/mol. The molecule has 0 saturated carbocycles. The number of fused-ring (bicyclic) bond motifs is 1. The van der Waals surface area contributed by atoms with E-state index in [1.54, 1.807) is 11.9 Å². The third-order valence-electron chi connectivity index (χ3n) is 2.86. The number of hydrogen-bond acceptors (Lipinski definition) is 3. The predicted octanol–water partition coefficient (Wildman–Crippen LogP) is 2.08. The Bertz CT molecular complexity index is 476. The topological polar surface area (TPSA) is 38.8 Å². The van der Waals surface area contributed by atoms with Crippen molar-refractivity contribution < 1.29 is 18.7 Å². The van der Waals surface area contributed by atoms with Crippen molar-refractivity contribution in [2.24, 2.45) is 5.92 Å². The van der Waals surface area contributed by atoms with Crippen LogP contribution in [0.25, 0.3) is 0 Å². The lowest BCUT2D eigenvalue weighted by molar-refractivity contribution is -0.140. The van der Waals surface area contributed by atoms with Gasteiger partial charge in [0.05, 0.1) is 0 Å². The van der Waals surface area contributed by atoms with Crippen molar-refractivity contribution in [3.63, 3.8) is 0 Å². The number of nitrogens with zero attached hydrogens (tertiary/aromatic N) is 1. The molecule has 5 heteroatoms. The van der Waals surface area contributed by atoms with Gasteiger partial charge in [-0.15, -0.1) is 0 Å². The summed E-state index contributed by atoms with van der Waals surface area (Å²) >= 11 is 0. The van der Waals surface area contributed by atoms with Crippen LogP contribution in [0, 0.1) is 11.7 Å². The lowest BCUT2D eigenvalue weighted by Crippen LogP contribution is -2.45. The third-order valence-corrected chi connectivity index (χ3v) is 2.86. The number of hydrogen-bond donors (Lipinski definition) is 0. The first-order valence-electron chi connectivity index (χ1n) is 6.31. The molecular weight excluding hydrogens is 249 g/mol. The van der Waals surface area contributed by atoms with Gasteiger partial charge in [-0.2, -0.15) is 0 Å². The third kappa shape index (κ3) is 3.16. The summed E-state index contributed by atoms with van der Waals surface area (Å²) in [6, 6.07) is 4.04. The molecule has 1 aliphatic rings. The zero-order chi connectivity index (χ0) is 14.0. The van der Waals surface area contributed by atoms with Gasteiger partial charge in [-0.3, -0.25) is 4.79 Å². The maximum absolute atomic E-state index is 13.1. The second-order valence-corrected chi connectivity index (χ2v) is 5.12. The van der Waals surface area contributed by atoms with Gasteiger partial charge >= 0.3 is 0 Å². The van der Waals surface area contributed by atoms with Gasteiger partial charge in [0, 0.05) is 19.7 Å². The van der Waals surface area contributed by atoms with Crippen molar-refractivity contribution in [2.75, 3.05) is 20.2 Å². The Labute approximate surface area is 112 Å². The van der Waals surface area contributed by atoms with Crippen LogP contribution in [0.3, 0.4) is 0 Å². The minimum absolute atomic E-state index is 0.149. The summed E-state index contributed by atoms with van der Waals surface area (Å²) in [6.07, 6.45) is -0.710. The highest BCUT2D eigenvalue weighted by Gasteiger charge is 2.30. The maximum Gasteiger partial charge on any atom is 0.267 e. The van der Waals surface area contributed by atoms with Crippen LogP contribution in [0.1, 0.15) is 13.8 Å². The number of ether oxygens (including phenoxy) is 2. The standard InChI is InChI=1S/C14H18FNO3/c1-9(2)7-16(3)14(17)13-8-18-11-5-4-10(15)6-12(11)19-13/h4-6,9,13H,7-8H2,1-3H3. The quantitative estimate of drug-likeness (QED) is 0.841. The molecule has 0 aliphatic carbocycles. The second kappa shape index (κ2) is 5.47. The molecule has 1 aromatic carbocycles. The van der Waals surface area contributed by atoms with Gasteiger partial charge in [0.25, 0.3) is 5.91 Å². The fourth-order valence-corrected chi connectivity index (χ4v) is 2.05. The number of halogens is 1. The zero-order valence-electron chi connectivity index (χ0n) is 11.4. The average molecular weight is 267 g/mol. The van der Waals surface area contributed by atoms with Crippen molar-refractivity contribution >= 4 is 5.91 Å². The number of likely N-dealkylation sites (N-methyl/N-ethyl adjacent to an activating group) is 1. The van der Waals surface area contributed by atoms with E-state index >= 15 is 0 Å². The summed E-state index contributed by atoms with van der Waals surface area (Å²) in [7, 11) is 1.73. The smallest absolute Gasteiger partial charge is 0.267 e. The minimum Gasteiger partial charge on any atom is -0.485 e. The number of carbonyl (C=O) groups excluding carboxylic acids is 1. The van der Waals surface area contributed by atoms with E-state index in [4.69, 9.17) is 9.47 Å². The van der Waals surface area contributed by atoms with Gasteiger partial charge in [-0.25, -0.2) is 4.39 Å². The first kappa shape index (κ1) is 13.6. The molecule has 4 nitrogen and oxygen atoms in total. The molecule has 1 aromatic rings. The van der Waals surface area contributed by atoms with E-state index in [0.717, 1.165) is 0 Å². The first-order valence-corrected chi connectivity index (χ1v) is 6.31. The largest absolute Gasteiger partial charge is 0.485 e. The lowest BCUT2D eigenvalue weighted by Gasteiger charge is -2.29. The van der Waals surface area contributed by atoms with Gasteiger partial charge in [0.15, 0.2) is 11.5 Å². The highest BCUT2D eigenvalue weighted by molar-refractivity contribution is 5.81. The van der Waals surface area contributed by atoms with Crippen molar-refractivity contribution in [1.29, 1.82) is 0 Å². The zero-order valence-corrected chi connectivity index (χ0v) is 11.4. The summed E-state index contributed by atoms with van der Waals surface area (Å²) in [6.45, 7) is 4.87. The molecule has 1 amide bonds. The Kier molecular flexibility index (Phi) is 3.93. The molecule has 0 N–H and O–H groups in total. The number of benzene rings is 1. The molecule has 1 aliphatic heterocycles. The molecule has 0 aromatic heterocycles. The Morgan fingerprint density at radius 3 is 2.89 bits per heavy atom. The molecule has 19 heavy (non-hydrogen) atoms. The van der Waals surface area contributed by atoms with E-state index in [1.807, 2.05) is 13.8 Å². The molecule has 0 spiro atoms. The Hall–Kier alpha value is -1.78. The summed E-state index contributed by atoms with van der Waals surface area (Å²) in [4.78, 5) is 13.8. The van der Waals surface area contributed by atoms with Crippen LogP contribution >= 0.6 is 0 Å². The van der Waals surface area contributed by atoms with Crippen molar-refractivity contribution in [2.45, 2.75) is 20.0 Å². The minimum atomic E-state index is -0.710. The molecule has 0 bridgehead atoms. The molecular formula is C14H18FNO3. The fourth-order valence-electron chi connectivity index (χ4n) is 2.05. The van der Waals surface area contributed by atoms with Crippen LogP contribution in [-0.4, -0.2) is 37.1 Å². The first-order chi connectivity index (χ1) is 8.97. The Morgan fingerprint density at radius 2 is 2.21 bits per heavy atom. The molecule has 1 heterocycles. The number of carbonyl (C=O) groups is 1. The summed E-state index contributed by atoms with van der Waals surface area (Å²) < 4.78 is 24.1. The van der Waals surface area contributed by atoms with E-state index in [-0.39, 0.29) is 18.3 Å². The molecule has 0 saturated heterocycles. The van der Waals surface area contributed by atoms with Gasteiger partial charge in [-0.05, 0) is 18.1 Å². The Morgan fingerprint density at radius 1 is 1.47 bits per heavy atom. The number of amides is 1. The number of rotatable bonds is 3. The van der Waals surface area contributed by atoms with E-state index in [2.05, 4.69) is 0 Å². The molecule has 2 rings (SSSR count). The normalized spacial score (nSPS) is 17.4. The van der Waals surface area contributed by atoms with Crippen molar-refractivity contribution in [3.8, 4) is 11.5 Å². The van der Waals surface area contributed by atoms with E-state index in [9.17, 15) is 9.18 Å². The maximum atomic E-state index is 13.1. The van der Waals surface area contributed by atoms with E-state index < -0.39 is 11.9 Å². The van der Waals surface area contributed by atoms with Crippen LogP contribution < -0.4 is 9.47 Å². The van der Waals surface area contributed by atoms with Gasteiger partial charge in [0.2, 0.25) is 6.10 Å². The van der Waals surface area contributed by atoms with Crippen molar-refractivity contribution in [1.82, 2.24) is 4.90 Å². The van der Waals surface area contributed by atoms with Crippen LogP contribution in [0.4, 0.5) is 4.39 Å². The molecule has 0 fully saturated rings. The van der Waals surface area contributed by atoms with E-state index in [0.29, 0.717) is 18.2 Å². The summed E-state index contributed by atoms with van der Waals surface area (Å²) in [5, 5.41) is 0. The molecule has 104 valence electrons. The molecule has 1 unspecified atom stereocenters. The highest BCUT2D eigenvalue weighted by Crippen LogP contribution is 2.32. The van der Waals surface area contributed by atoms with Crippen molar-refractivity contribution in [3.05, 3.63) is 24.0 Å². The van der Waals surface area contributed by atoms with Gasteiger partial charge in [0.1, 0.15) is 12.4 Å². The monoisotopic (exact) mass is 267 g/mol. The van der Waals surface area contributed by atoms with Gasteiger partial charge < -0.3 is 14.4 Å². The fraction of sp³-hybridized carbons (Fsp3) is 0.500. The Balaban J connectivity index is 2.06. The summed E-state index contributed by atoms with van der Waals surface area (Å²) in [5.41, 5.74) is 0. The highest BCUT2D eigenvalue weighted by atomic mass is 19.1. The second-order valence-electron chi connectivity index (χ2n) is 5.12. The van der Waals surface area contributed by atoms with Crippen LogP contribution in [0.2, 0.25) is 0 Å². The molecule has 1 atom stereocenters. The van der Waals surface area contributed by atoms with Gasteiger partial charge in [-0.1, -0.05) is 13.8 Å². The average Bonchev–Trinajstić information content (AvgIpc) is 2.36. The van der Waals surface area contributed by atoms with Crippen LogP contribution in [0.5, 0.6) is 11.5 Å². The SMILES string of the molecule is CC(C)CN(C)C(=O)C1COc2ccc(F)cc2O1. The lowest BCUT2D eigenvalue weighted by atomic mass is 10.2.